The monoisotopic (exact) mass is 352 g/mol. The number of rotatable bonds is 2. The second kappa shape index (κ2) is 6.44. The molecule has 1 amide bonds. The molecular weight excluding hydrogens is 332 g/mol. The van der Waals surface area contributed by atoms with Crippen LogP contribution in [0.1, 0.15) is 40.0 Å². The summed E-state index contributed by atoms with van der Waals surface area (Å²) >= 11 is 0. The maximum absolute atomic E-state index is 12.6. The first-order valence-corrected chi connectivity index (χ1v) is 8.70. The maximum atomic E-state index is 12.6. The van der Waals surface area contributed by atoms with Crippen LogP contribution in [-0.4, -0.2) is 47.4 Å². The first-order chi connectivity index (χ1) is 12.6. The molecule has 6 nitrogen and oxygen atoms in total. The summed E-state index contributed by atoms with van der Waals surface area (Å²) in [5.74, 6) is 1.32. The van der Waals surface area contributed by atoms with Gasteiger partial charge in [0.2, 0.25) is 0 Å². The minimum absolute atomic E-state index is 0.00791. The van der Waals surface area contributed by atoms with Gasteiger partial charge in [-0.3, -0.25) is 14.6 Å². The van der Waals surface area contributed by atoms with Crippen molar-refractivity contribution in [2.45, 2.75) is 24.9 Å². The lowest BCUT2D eigenvalue weighted by Crippen LogP contribution is -2.52. The maximum Gasteiger partial charge on any atom is 0.253 e. The molecule has 3 heterocycles. The highest BCUT2D eigenvalue weighted by molar-refractivity contribution is 6.00. The van der Waals surface area contributed by atoms with Crippen molar-refractivity contribution in [1.82, 2.24) is 9.88 Å². The van der Waals surface area contributed by atoms with E-state index in [0.717, 1.165) is 0 Å². The van der Waals surface area contributed by atoms with Gasteiger partial charge >= 0.3 is 0 Å². The molecule has 0 N–H and O–H groups in total. The molecular formula is C20H20N2O4. The Balaban J connectivity index is 1.50. The largest absolute Gasteiger partial charge is 0.497 e. The van der Waals surface area contributed by atoms with Gasteiger partial charge in [-0.15, -0.1) is 0 Å². The summed E-state index contributed by atoms with van der Waals surface area (Å²) in [5.41, 5.74) is 0.698. The molecule has 2 aliphatic heterocycles. The molecule has 0 unspecified atom stereocenters. The highest BCUT2D eigenvalue weighted by Crippen LogP contribution is 2.40. The lowest BCUT2D eigenvalue weighted by molar-refractivity contribution is -0.00581. The summed E-state index contributed by atoms with van der Waals surface area (Å²) in [6, 6.07) is 8.73. The van der Waals surface area contributed by atoms with Gasteiger partial charge in [0.25, 0.3) is 5.91 Å². The van der Waals surface area contributed by atoms with Gasteiger partial charge in [-0.1, -0.05) is 0 Å². The van der Waals surface area contributed by atoms with E-state index in [1.165, 1.54) is 0 Å². The van der Waals surface area contributed by atoms with Crippen LogP contribution < -0.4 is 9.47 Å². The molecule has 0 bridgehead atoms. The molecule has 26 heavy (non-hydrogen) atoms. The van der Waals surface area contributed by atoms with Crippen LogP contribution in [0.2, 0.25) is 0 Å². The average molecular weight is 352 g/mol. The molecule has 2 aliphatic rings. The van der Waals surface area contributed by atoms with Crippen LogP contribution >= 0.6 is 0 Å². The summed E-state index contributed by atoms with van der Waals surface area (Å²) in [7, 11) is 1.59. The Hall–Kier alpha value is -2.89. The molecule has 0 saturated carbocycles. The third kappa shape index (κ3) is 2.92. The third-order valence-electron chi connectivity index (χ3n) is 5.19. The number of nitrogens with zero attached hydrogens (tertiary/aromatic N) is 2. The quantitative estimate of drug-likeness (QED) is 0.831. The summed E-state index contributed by atoms with van der Waals surface area (Å²) in [5, 5.41) is 0. The second-order valence-electron chi connectivity index (χ2n) is 6.78. The molecule has 6 heteroatoms. The number of pyridine rings is 1. The van der Waals surface area contributed by atoms with Gasteiger partial charge in [0, 0.05) is 50.0 Å². The Morgan fingerprint density at radius 3 is 2.62 bits per heavy atom. The van der Waals surface area contributed by atoms with Gasteiger partial charge in [-0.05, 0) is 24.3 Å². The molecule has 1 saturated heterocycles. The number of amides is 1. The number of aromatic nitrogens is 1. The Morgan fingerprint density at radius 2 is 1.92 bits per heavy atom. The number of ether oxygens (including phenoxy) is 2. The SMILES string of the molecule is COc1ccc2c(c1)OC1(CCN(C(=O)c3ccncc3)CC1)CC2=O. The van der Waals surface area contributed by atoms with Gasteiger partial charge in [0.05, 0.1) is 19.1 Å². The number of carbonyl (C=O) groups excluding carboxylic acids is 2. The van der Waals surface area contributed by atoms with Crippen LogP contribution in [0.15, 0.2) is 42.7 Å². The van der Waals surface area contributed by atoms with Crippen molar-refractivity contribution in [2.24, 2.45) is 0 Å². The number of likely N-dealkylation sites (tertiary alicyclic amines) is 1. The number of piperidine rings is 1. The van der Waals surface area contributed by atoms with Gasteiger partial charge in [0.15, 0.2) is 5.78 Å². The zero-order valence-electron chi connectivity index (χ0n) is 14.6. The fourth-order valence-electron chi connectivity index (χ4n) is 3.67. The summed E-state index contributed by atoms with van der Waals surface area (Å²) in [6.07, 6.45) is 4.85. The van der Waals surface area contributed by atoms with Crippen molar-refractivity contribution in [2.75, 3.05) is 20.2 Å². The molecule has 2 aromatic rings. The zero-order chi connectivity index (χ0) is 18.1. The molecule has 1 aromatic heterocycles. The predicted molar refractivity (Wildman–Crippen MR) is 94.7 cm³/mol. The number of methoxy groups -OCH3 is 1. The average Bonchev–Trinajstić information content (AvgIpc) is 2.68. The summed E-state index contributed by atoms with van der Waals surface area (Å²) in [6.45, 7) is 1.13. The molecule has 0 aliphatic carbocycles. The summed E-state index contributed by atoms with van der Waals surface area (Å²) in [4.78, 5) is 30.9. The Labute approximate surface area is 151 Å². The lowest BCUT2D eigenvalue weighted by atomic mass is 9.82. The van der Waals surface area contributed by atoms with E-state index < -0.39 is 5.60 Å². The van der Waals surface area contributed by atoms with E-state index >= 15 is 0 Å². The Bertz CT molecular complexity index is 842. The Morgan fingerprint density at radius 1 is 1.19 bits per heavy atom. The normalized spacial score (nSPS) is 18.2. The van der Waals surface area contributed by atoms with E-state index in [-0.39, 0.29) is 11.7 Å². The molecule has 4 rings (SSSR count). The standard InChI is InChI=1S/C20H20N2O4/c1-25-15-2-3-16-17(23)13-20(26-18(16)12-15)6-10-22(11-7-20)19(24)14-4-8-21-9-5-14/h2-5,8-9,12H,6-7,10-11,13H2,1H3. The van der Waals surface area contributed by atoms with E-state index in [0.29, 0.717) is 55.0 Å². The fourth-order valence-corrected chi connectivity index (χ4v) is 3.67. The van der Waals surface area contributed by atoms with E-state index in [2.05, 4.69) is 4.98 Å². The number of hydrogen-bond donors (Lipinski definition) is 0. The number of benzene rings is 1. The van der Waals surface area contributed by atoms with Crippen molar-refractivity contribution in [3.63, 3.8) is 0 Å². The van der Waals surface area contributed by atoms with Crippen molar-refractivity contribution in [3.05, 3.63) is 53.9 Å². The fraction of sp³-hybridized carbons (Fsp3) is 0.350. The summed E-state index contributed by atoms with van der Waals surface area (Å²) < 4.78 is 11.5. The number of fused-ring (bicyclic) bond motifs is 1. The minimum Gasteiger partial charge on any atom is -0.497 e. The van der Waals surface area contributed by atoms with E-state index in [9.17, 15) is 9.59 Å². The highest BCUT2D eigenvalue weighted by Gasteiger charge is 2.43. The van der Waals surface area contributed by atoms with E-state index in [1.54, 1.807) is 49.8 Å². The molecule has 134 valence electrons. The number of hydrogen-bond acceptors (Lipinski definition) is 5. The number of ketones is 1. The highest BCUT2D eigenvalue weighted by atomic mass is 16.5. The van der Waals surface area contributed by atoms with Gasteiger partial charge in [-0.2, -0.15) is 0 Å². The molecule has 1 aromatic carbocycles. The van der Waals surface area contributed by atoms with Gasteiger partial charge in [0.1, 0.15) is 17.1 Å². The third-order valence-corrected chi connectivity index (χ3v) is 5.19. The van der Waals surface area contributed by atoms with Crippen molar-refractivity contribution in [1.29, 1.82) is 0 Å². The van der Waals surface area contributed by atoms with Gasteiger partial charge in [-0.25, -0.2) is 0 Å². The van der Waals surface area contributed by atoms with Crippen LogP contribution in [0.5, 0.6) is 11.5 Å². The lowest BCUT2D eigenvalue weighted by Gasteiger charge is -2.44. The first-order valence-electron chi connectivity index (χ1n) is 8.70. The van der Waals surface area contributed by atoms with Crippen LogP contribution in [-0.2, 0) is 0 Å². The second-order valence-corrected chi connectivity index (χ2v) is 6.78. The smallest absolute Gasteiger partial charge is 0.253 e. The van der Waals surface area contributed by atoms with Crippen molar-refractivity contribution in [3.8, 4) is 11.5 Å². The molecule has 0 atom stereocenters. The van der Waals surface area contributed by atoms with E-state index in [1.807, 2.05) is 4.90 Å². The number of carbonyl (C=O) groups is 2. The minimum atomic E-state index is -0.536. The van der Waals surface area contributed by atoms with Gasteiger partial charge < -0.3 is 14.4 Å². The predicted octanol–water partition coefficient (Wildman–Crippen LogP) is 2.73. The van der Waals surface area contributed by atoms with Crippen LogP contribution in [0.25, 0.3) is 0 Å². The van der Waals surface area contributed by atoms with Crippen LogP contribution in [0.4, 0.5) is 0 Å². The Kier molecular flexibility index (Phi) is 4.11. The topological polar surface area (TPSA) is 68.7 Å². The van der Waals surface area contributed by atoms with Crippen LogP contribution in [0, 0.1) is 0 Å². The zero-order valence-corrected chi connectivity index (χ0v) is 14.6. The molecule has 1 fully saturated rings. The number of Topliss-reactive ketones (excluding diaryl/α,β-unsaturated/α-hetero) is 1. The molecule has 0 radical (unpaired) electrons. The van der Waals surface area contributed by atoms with Crippen molar-refractivity contribution >= 4 is 11.7 Å². The van der Waals surface area contributed by atoms with Crippen LogP contribution in [0.3, 0.4) is 0 Å². The van der Waals surface area contributed by atoms with Crippen molar-refractivity contribution < 1.29 is 19.1 Å². The van der Waals surface area contributed by atoms with E-state index in [4.69, 9.17) is 9.47 Å². The molecule has 1 spiro atoms. The first kappa shape index (κ1) is 16.6.